The third-order valence-corrected chi connectivity index (χ3v) is 4.48. The molecule has 0 fully saturated rings. The number of carbonyl (C=O) groups excluding carboxylic acids is 1. The highest BCUT2D eigenvalue weighted by atomic mass is 32.2. The lowest BCUT2D eigenvalue weighted by molar-refractivity contribution is 0.102. The molecule has 9 heteroatoms. The summed E-state index contributed by atoms with van der Waals surface area (Å²) in [6.07, 6.45) is 0. The van der Waals surface area contributed by atoms with Gasteiger partial charge in [-0.3, -0.25) is 4.79 Å². The summed E-state index contributed by atoms with van der Waals surface area (Å²) in [6, 6.07) is 9.10. The molecule has 1 heterocycles. The van der Waals surface area contributed by atoms with Crippen molar-refractivity contribution in [2.45, 2.75) is 5.22 Å². The molecule has 0 bridgehead atoms. The lowest BCUT2D eigenvalue weighted by Crippen LogP contribution is -2.01. The highest BCUT2D eigenvalue weighted by Gasteiger charge is 2.15. The highest BCUT2D eigenvalue weighted by molar-refractivity contribution is 7.99. The maximum atomic E-state index is 12.2. The van der Waals surface area contributed by atoms with Gasteiger partial charge in [0.2, 0.25) is 5.89 Å². The van der Waals surface area contributed by atoms with Crippen LogP contribution in [-0.4, -0.2) is 46.2 Å². The van der Waals surface area contributed by atoms with Crippen molar-refractivity contribution >= 4 is 17.5 Å². The van der Waals surface area contributed by atoms with Crippen LogP contribution in [0.2, 0.25) is 0 Å². The molecular weight excluding hydrogens is 372 g/mol. The number of methoxy groups -OCH3 is 2. The molecule has 0 saturated carbocycles. The van der Waals surface area contributed by atoms with Gasteiger partial charge < -0.3 is 24.1 Å². The molecule has 27 heavy (non-hydrogen) atoms. The number of carbonyl (C=O) groups is 1. The van der Waals surface area contributed by atoms with Crippen LogP contribution >= 0.6 is 11.8 Å². The molecule has 0 spiro atoms. The molecule has 0 atom stereocenters. The van der Waals surface area contributed by atoms with Gasteiger partial charge in [0.25, 0.3) is 5.22 Å². The molecule has 8 nitrogen and oxygen atoms in total. The second kappa shape index (κ2) is 8.00. The number of rotatable bonds is 7. The minimum absolute atomic E-state index is 0.0395. The van der Waals surface area contributed by atoms with Crippen LogP contribution in [0.3, 0.4) is 0 Å². The number of aromatic hydroxyl groups is 2. The Bertz CT molecular complexity index is 972. The first kappa shape index (κ1) is 18.6. The van der Waals surface area contributed by atoms with E-state index in [0.29, 0.717) is 17.1 Å². The van der Waals surface area contributed by atoms with E-state index in [9.17, 15) is 15.0 Å². The smallest absolute Gasteiger partial charge is 0.277 e. The second-order valence-electron chi connectivity index (χ2n) is 5.36. The van der Waals surface area contributed by atoms with Crippen LogP contribution in [-0.2, 0) is 0 Å². The largest absolute Gasteiger partial charge is 0.504 e. The van der Waals surface area contributed by atoms with E-state index < -0.39 is 0 Å². The maximum Gasteiger partial charge on any atom is 0.277 e. The van der Waals surface area contributed by atoms with Crippen LogP contribution in [0, 0.1) is 0 Å². The van der Waals surface area contributed by atoms with Gasteiger partial charge in [0.15, 0.2) is 28.8 Å². The Morgan fingerprint density at radius 1 is 1.04 bits per heavy atom. The molecule has 140 valence electrons. The van der Waals surface area contributed by atoms with Crippen molar-refractivity contribution in [3.05, 3.63) is 42.0 Å². The number of aromatic nitrogens is 2. The summed E-state index contributed by atoms with van der Waals surface area (Å²) in [7, 11) is 3.08. The fraction of sp³-hybridized carbons (Fsp3) is 0.167. The van der Waals surface area contributed by atoms with Crippen molar-refractivity contribution in [3.8, 4) is 34.5 Å². The number of hydrogen-bond donors (Lipinski definition) is 2. The Morgan fingerprint density at radius 3 is 2.52 bits per heavy atom. The number of phenolic OH excluding ortho intramolecular Hbond substituents is 2. The van der Waals surface area contributed by atoms with Gasteiger partial charge >= 0.3 is 0 Å². The van der Waals surface area contributed by atoms with E-state index in [1.165, 1.54) is 25.3 Å². The van der Waals surface area contributed by atoms with Gasteiger partial charge in [0.1, 0.15) is 0 Å². The normalized spacial score (nSPS) is 10.6. The molecule has 0 radical (unpaired) electrons. The zero-order chi connectivity index (χ0) is 19.4. The summed E-state index contributed by atoms with van der Waals surface area (Å²) in [5.41, 5.74) is 0.930. The molecular formula is C18H16N2O6S. The Balaban J connectivity index is 1.69. The fourth-order valence-electron chi connectivity index (χ4n) is 2.26. The zero-order valence-corrected chi connectivity index (χ0v) is 15.3. The molecule has 0 aliphatic heterocycles. The summed E-state index contributed by atoms with van der Waals surface area (Å²) in [5.74, 6) is 0.560. The van der Waals surface area contributed by atoms with Gasteiger partial charge in [-0.1, -0.05) is 11.8 Å². The molecule has 0 aliphatic carbocycles. The Labute approximate surface area is 158 Å². The molecule has 3 rings (SSSR count). The number of nitrogens with zero attached hydrogens (tertiary/aromatic N) is 2. The molecule has 2 N–H and O–H groups in total. The molecule has 0 amide bonds. The van der Waals surface area contributed by atoms with Crippen molar-refractivity contribution in [3.63, 3.8) is 0 Å². The molecule has 0 unspecified atom stereocenters. The molecule has 0 saturated heterocycles. The first-order valence-electron chi connectivity index (χ1n) is 7.75. The van der Waals surface area contributed by atoms with Crippen molar-refractivity contribution in [1.29, 1.82) is 0 Å². The Hall–Kier alpha value is -3.20. The van der Waals surface area contributed by atoms with E-state index in [4.69, 9.17) is 13.9 Å². The van der Waals surface area contributed by atoms with Gasteiger partial charge in [-0.15, -0.1) is 10.2 Å². The predicted molar refractivity (Wildman–Crippen MR) is 97.7 cm³/mol. The zero-order valence-electron chi connectivity index (χ0n) is 14.5. The van der Waals surface area contributed by atoms with Crippen LogP contribution < -0.4 is 9.47 Å². The van der Waals surface area contributed by atoms with Gasteiger partial charge in [0, 0.05) is 11.1 Å². The van der Waals surface area contributed by atoms with Crippen LogP contribution in [0.25, 0.3) is 11.5 Å². The van der Waals surface area contributed by atoms with Crippen molar-refractivity contribution < 1.29 is 28.9 Å². The quantitative estimate of drug-likeness (QED) is 0.358. The predicted octanol–water partition coefficient (Wildman–Crippen LogP) is 3.14. The van der Waals surface area contributed by atoms with E-state index in [-0.39, 0.29) is 39.7 Å². The summed E-state index contributed by atoms with van der Waals surface area (Å²) in [6.45, 7) is 0. The highest BCUT2D eigenvalue weighted by Crippen LogP contribution is 2.33. The van der Waals surface area contributed by atoms with Gasteiger partial charge in [-0.2, -0.15) is 0 Å². The molecule has 1 aromatic heterocycles. The molecule has 2 aromatic carbocycles. The first-order chi connectivity index (χ1) is 13.0. The standard InChI is InChI=1S/C18H16N2O6S/c1-24-15-6-4-11(8-16(15)25-2)17-19-20-18(26-17)27-9-14(23)10-3-5-12(21)13(22)7-10/h3-8,21-22H,9H2,1-2H3. The van der Waals surface area contributed by atoms with E-state index in [0.717, 1.165) is 11.8 Å². The molecule has 3 aromatic rings. The lowest BCUT2D eigenvalue weighted by Gasteiger charge is -2.07. The van der Waals surface area contributed by atoms with Crippen LogP contribution in [0.5, 0.6) is 23.0 Å². The summed E-state index contributed by atoms with van der Waals surface area (Å²) in [4.78, 5) is 12.2. The van der Waals surface area contributed by atoms with Crippen molar-refractivity contribution in [2.75, 3.05) is 20.0 Å². The molecule has 0 aliphatic rings. The van der Waals surface area contributed by atoms with Crippen LogP contribution in [0.4, 0.5) is 0 Å². The fourth-order valence-corrected chi connectivity index (χ4v) is 2.92. The number of phenols is 2. The van der Waals surface area contributed by atoms with Gasteiger partial charge in [0.05, 0.1) is 20.0 Å². The average Bonchev–Trinajstić information content (AvgIpc) is 3.16. The Morgan fingerprint density at radius 2 is 1.81 bits per heavy atom. The minimum Gasteiger partial charge on any atom is -0.504 e. The number of Topliss-reactive ketones (excluding diaryl/α,β-unsaturated/α-hetero) is 1. The van der Waals surface area contributed by atoms with Gasteiger partial charge in [-0.05, 0) is 36.4 Å². The maximum absolute atomic E-state index is 12.2. The topological polar surface area (TPSA) is 115 Å². The lowest BCUT2D eigenvalue weighted by atomic mass is 10.1. The summed E-state index contributed by atoms with van der Waals surface area (Å²) < 4.78 is 16.0. The summed E-state index contributed by atoms with van der Waals surface area (Å²) in [5, 5.41) is 26.9. The average molecular weight is 388 g/mol. The van der Waals surface area contributed by atoms with E-state index in [1.54, 1.807) is 25.3 Å². The number of ether oxygens (including phenoxy) is 2. The first-order valence-corrected chi connectivity index (χ1v) is 8.74. The number of ketones is 1. The minimum atomic E-state index is -0.348. The van der Waals surface area contributed by atoms with Crippen LogP contribution in [0.1, 0.15) is 10.4 Å². The number of benzene rings is 2. The van der Waals surface area contributed by atoms with E-state index in [1.807, 2.05) is 0 Å². The monoisotopic (exact) mass is 388 g/mol. The third-order valence-electron chi connectivity index (χ3n) is 3.66. The third kappa shape index (κ3) is 4.14. The summed E-state index contributed by atoms with van der Waals surface area (Å²) >= 11 is 1.08. The van der Waals surface area contributed by atoms with Gasteiger partial charge in [-0.25, -0.2) is 0 Å². The van der Waals surface area contributed by atoms with E-state index >= 15 is 0 Å². The second-order valence-corrected chi connectivity index (χ2v) is 6.28. The number of hydrogen-bond acceptors (Lipinski definition) is 9. The van der Waals surface area contributed by atoms with Crippen molar-refractivity contribution in [2.24, 2.45) is 0 Å². The van der Waals surface area contributed by atoms with E-state index in [2.05, 4.69) is 10.2 Å². The Kier molecular flexibility index (Phi) is 5.51. The van der Waals surface area contributed by atoms with Crippen LogP contribution in [0.15, 0.2) is 46.0 Å². The van der Waals surface area contributed by atoms with Crippen molar-refractivity contribution in [1.82, 2.24) is 10.2 Å². The SMILES string of the molecule is COc1ccc(-c2nnc(SCC(=O)c3ccc(O)c(O)c3)o2)cc1OC. The number of thioether (sulfide) groups is 1.